The van der Waals surface area contributed by atoms with Crippen LogP contribution in [0, 0.1) is 5.41 Å². The van der Waals surface area contributed by atoms with Gasteiger partial charge in [0.1, 0.15) is 17.4 Å². The first-order valence-corrected chi connectivity index (χ1v) is 12.8. The van der Waals surface area contributed by atoms with Crippen molar-refractivity contribution in [3.8, 4) is 5.75 Å². The van der Waals surface area contributed by atoms with Crippen LogP contribution in [-0.2, 0) is 4.79 Å². The number of pyridine rings is 1. The zero-order valence-corrected chi connectivity index (χ0v) is 22.2. The van der Waals surface area contributed by atoms with Crippen molar-refractivity contribution in [2.45, 2.75) is 19.3 Å². The number of anilines is 2. The largest absolute Gasteiger partial charge is 0.480 e. The molecule has 2 amide bonds. The first-order chi connectivity index (χ1) is 18.7. The molecular weight excluding hydrogens is 545 g/mol. The van der Waals surface area contributed by atoms with E-state index < -0.39 is 24.4 Å². The van der Waals surface area contributed by atoms with Crippen LogP contribution >= 0.6 is 23.2 Å². The van der Waals surface area contributed by atoms with Gasteiger partial charge in [0.2, 0.25) is 0 Å². The highest BCUT2D eigenvalue weighted by molar-refractivity contribution is 6.32. The molecule has 2 aromatic carbocycles. The number of piperidine rings is 1. The average molecular weight is 570 g/mol. The maximum atomic E-state index is 13.2. The summed E-state index contributed by atoms with van der Waals surface area (Å²) in [5.74, 6) is -2.01. The number of nitrogens with zero attached hydrogens (tertiary/aromatic N) is 2. The van der Waals surface area contributed by atoms with Gasteiger partial charge in [-0.3, -0.25) is 15.0 Å². The number of aliphatic carboxylic acids is 1. The Morgan fingerprint density at radius 2 is 1.62 bits per heavy atom. The molecule has 2 heterocycles. The summed E-state index contributed by atoms with van der Waals surface area (Å²) in [7, 11) is 0. The van der Waals surface area contributed by atoms with E-state index in [0.29, 0.717) is 16.4 Å². The van der Waals surface area contributed by atoms with Crippen LogP contribution in [0.2, 0.25) is 10.0 Å². The van der Waals surface area contributed by atoms with Gasteiger partial charge in [-0.05, 0) is 49.6 Å². The number of ether oxygens (including phenoxy) is 1. The number of aromatic nitrogens is 1. The standard InChI is InChI=1S/C27H25Cl2N5O5/c28-18-8-9-22(31-14-18)32-27(38)20-12-19(29)13-21(39-15-23(35)36)24(20)33-26(37)17-6-4-16(5-7-17)25(30)34-10-2-1-3-11-34/h4-9,12-14,30H,1-3,10-11,15H2,(H,33,37)(H,35,36)(H,31,32,38). The monoisotopic (exact) mass is 569 g/mol. The Morgan fingerprint density at radius 3 is 2.26 bits per heavy atom. The maximum absolute atomic E-state index is 13.2. The van der Waals surface area contributed by atoms with E-state index >= 15 is 0 Å². The van der Waals surface area contributed by atoms with Crippen LogP contribution in [0.15, 0.2) is 54.7 Å². The number of halogens is 2. The number of carboxylic acid groups (broad SMARTS) is 1. The van der Waals surface area contributed by atoms with Crippen molar-refractivity contribution in [3.63, 3.8) is 0 Å². The van der Waals surface area contributed by atoms with Gasteiger partial charge >= 0.3 is 5.97 Å². The summed E-state index contributed by atoms with van der Waals surface area (Å²) in [5, 5.41) is 23.3. The lowest BCUT2D eigenvalue weighted by Gasteiger charge is -2.29. The Hall–Kier alpha value is -4.15. The van der Waals surface area contributed by atoms with E-state index in [9.17, 15) is 14.4 Å². The highest BCUT2D eigenvalue weighted by Crippen LogP contribution is 2.34. The third kappa shape index (κ3) is 7.24. The first-order valence-electron chi connectivity index (χ1n) is 12.1. The molecule has 202 valence electrons. The lowest BCUT2D eigenvalue weighted by Crippen LogP contribution is -2.35. The van der Waals surface area contributed by atoms with Crippen LogP contribution in [0.5, 0.6) is 5.75 Å². The number of hydrogen-bond donors (Lipinski definition) is 4. The molecule has 0 aliphatic carbocycles. The molecule has 0 unspecified atom stereocenters. The van der Waals surface area contributed by atoms with Crippen molar-refractivity contribution in [1.29, 1.82) is 5.41 Å². The lowest BCUT2D eigenvalue weighted by molar-refractivity contribution is -0.139. The van der Waals surface area contributed by atoms with E-state index in [4.69, 9.17) is 38.5 Å². The van der Waals surface area contributed by atoms with E-state index in [2.05, 4.69) is 15.6 Å². The van der Waals surface area contributed by atoms with Gasteiger partial charge in [0.15, 0.2) is 6.61 Å². The van der Waals surface area contributed by atoms with E-state index in [-0.39, 0.29) is 33.4 Å². The van der Waals surface area contributed by atoms with Crippen molar-refractivity contribution in [3.05, 3.63) is 81.5 Å². The number of likely N-dealkylation sites (tertiary alicyclic amines) is 1. The van der Waals surface area contributed by atoms with E-state index in [1.165, 1.54) is 24.4 Å². The normalized spacial score (nSPS) is 12.9. The van der Waals surface area contributed by atoms with Crippen molar-refractivity contribution in [2.75, 3.05) is 30.3 Å². The highest BCUT2D eigenvalue weighted by Gasteiger charge is 2.22. The molecule has 0 bridgehead atoms. The fourth-order valence-electron chi connectivity index (χ4n) is 4.04. The number of hydrogen-bond acceptors (Lipinski definition) is 6. The number of rotatable bonds is 8. The molecule has 4 rings (SSSR count). The molecule has 4 N–H and O–H groups in total. The Morgan fingerprint density at radius 1 is 0.923 bits per heavy atom. The predicted molar refractivity (Wildman–Crippen MR) is 148 cm³/mol. The Balaban J connectivity index is 1.60. The molecule has 3 aromatic rings. The highest BCUT2D eigenvalue weighted by atomic mass is 35.5. The summed E-state index contributed by atoms with van der Waals surface area (Å²) in [5.41, 5.74) is 0.801. The third-order valence-electron chi connectivity index (χ3n) is 5.96. The molecule has 0 radical (unpaired) electrons. The molecule has 1 aliphatic rings. The molecule has 12 heteroatoms. The molecule has 39 heavy (non-hydrogen) atoms. The van der Waals surface area contributed by atoms with Gasteiger partial charge in [0.25, 0.3) is 11.8 Å². The second-order valence-corrected chi connectivity index (χ2v) is 9.63. The summed E-state index contributed by atoms with van der Waals surface area (Å²) < 4.78 is 5.35. The summed E-state index contributed by atoms with van der Waals surface area (Å²) >= 11 is 12.0. The lowest BCUT2D eigenvalue weighted by atomic mass is 10.1. The summed E-state index contributed by atoms with van der Waals surface area (Å²) in [6.07, 6.45) is 4.59. The molecule has 1 aliphatic heterocycles. The summed E-state index contributed by atoms with van der Waals surface area (Å²) in [6, 6.07) is 12.2. The van der Waals surface area contributed by atoms with Gasteiger partial charge in [-0.1, -0.05) is 35.3 Å². The van der Waals surface area contributed by atoms with E-state index in [1.54, 1.807) is 30.3 Å². The zero-order chi connectivity index (χ0) is 27.9. The van der Waals surface area contributed by atoms with Gasteiger partial charge in [-0.15, -0.1) is 0 Å². The van der Waals surface area contributed by atoms with Crippen molar-refractivity contribution in [1.82, 2.24) is 9.88 Å². The molecule has 0 spiro atoms. The van der Waals surface area contributed by atoms with Crippen molar-refractivity contribution >= 4 is 58.3 Å². The zero-order valence-electron chi connectivity index (χ0n) is 20.7. The number of amidine groups is 1. The van der Waals surface area contributed by atoms with Crippen LogP contribution in [0.1, 0.15) is 45.5 Å². The Kier molecular flexibility index (Phi) is 9.00. The molecular formula is C27H25Cl2N5O5. The van der Waals surface area contributed by atoms with Gasteiger partial charge in [0.05, 0.1) is 16.3 Å². The summed E-state index contributed by atoms with van der Waals surface area (Å²) in [6.45, 7) is 0.927. The molecule has 0 atom stereocenters. The minimum Gasteiger partial charge on any atom is -0.480 e. The average Bonchev–Trinajstić information content (AvgIpc) is 2.94. The van der Waals surface area contributed by atoms with Crippen LogP contribution in [-0.4, -0.2) is 58.3 Å². The minimum atomic E-state index is -1.25. The van der Waals surface area contributed by atoms with Crippen LogP contribution in [0.25, 0.3) is 0 Å². The quantitative estimate of drug-likeness (QED) is 0.216. The fourth-order valence-corrected chi connectivity index (χ4v) is 4.36. The predicted octanol–water partition coefficient (Wildman–Crippen LogP) is 5.17. The fraction of sp³-hybridized carbons (Fsp3) is 0.222. The summed E-state index contributed by atoms with van der Waals surface area (Å²) in [4.78, 5) is 43.5. The van der Waals surface area contributed by atoms with Crippen molar-refractivity contribution < 1.29 is 24.2 Å². The maximum Gasteiger partial charge on any atom is 0.341 e. The topological polar surface area (TPSA) is 145 Å². The number of amides is 2. The van der Waals surface area contributed by atoms with E-state index in [1.807, 2.05) is 4.90 Å². The van der Waals surface area contributed by atoms with Crippen molar-refractivity contribution in [2.24, 2.45) is 0 Å². The number of carboxylic acids is 1. The minimum absolute atomic E-state index is 0.0674. The second kappa shape index (κ2) is 12.6. The SMILES string of the molecule is N=C(c1ccc(C(=O)Nc2c(OCC(=O)O)cc(Cl)cc2C(=O)Nc2ccc(Cl)cn2)cc1)N1CCCCC1. The van der Waals surface area contributed by atoms with Gasteiger partial charge in [0, 0.05) is 41.5 Å². The molecule has 10 nitrogen and oxygen atoms in total. The van der Waals surface area contributed by atoms with Gasteiger partial charge in [-0.25, -0.2) is 9.78 Å². The second-order valence-electron chi connectivity index (χ2n) is 8.75. The van der Waals surface area contributed by atoms with Gasteiger partial charge in [-0.2, -0.15) is 0 Å². The molecule has 1 saturated heterocycles. The first kappa shape index (κ1) is 27.9. The molecule has 1 fully saturated rings. The number of carbonyl (C=O) groups is 3. The number of nitrogens with one attached hydrogen (secondary N) is 3. The van der Waals surface area contributed by atoms with Crippen LogP contribution in [0.3, 0.4) is 0 Å². The number of carbonyl (C=O) groups excluding carboxylic acids is 2. The van der Waals surface area contributed by atoms with E-state index in [0.717, 1.165) is 32.4 Å². The van der Waals surface area contributed by atoms with Gasteiger partial charge < -0.3 is 25.4 Å². The van der Waals surface area contributed by atoms with Crippen LogP contribution < -0.4 is 15.4 Å². The Bertz CT molecular complexity index is 1390. The third-order valence-corrected chi connectivity index (χ3v) is 6.40. The smallest absolute Gasteiger partial charge is 0.341 e. The molecule has 1 aromatic heterocycles. The Labute approximate surface area is 234 Å². The molecule has 0 saturated carbocycles. The number of benzene rings is 2. The van der Waals surface area contributed by atoms with Crippen LogP contribution in [0.4, 0.5) is 11.5 Å².